The number of alkyl halides is 3. The summed E-state index contributed by atoms with van der Waals surface area (Å²) in [5, 5.41) is 15.1. The minimum Gasteiger partial charge on any atom is -0.508 e. The van der Waals surface area contributed by atoms with E-state index in [9.17, 15) is 30.7 Å². The van der Waals surface area contributed by atoms with E-state index in [1.54, 1.807) is 0 Å². The first-order valence-electron chi connectivity index (χ1n) is 5.77. The summed E-state index contributed by atoms with van der Waals surface area (Å²) >= 11 is 0. The third-order valence-corrected chi connectivity index (χ3v) is 2.64. The van der Waals surface area contributed by atoms with Crippen LogP contribution >= 0.6 is 0 Å². The van der Waals surface area contributed by atoms with Gasteiger partial charge >= 0.3 is 6.18 Å². The molecule has 0 fully saturated rings. The number of rotatable bonds is 2. The molecule has 10 heteroatoms. The molecule has 122 valence electrons. The SMILES string of the molecule is Oc1ccc(N=Nc2c(F)c(F)c(C(F)(F)F)c(F)c2F)cc1. The van der Waals surface area contributed by atoms with Gasteiger partial charge in [0.2, 0.25) is 0 Å². The molecular formula is C13H5F7N2O. The summed E-state index contributed by atoms with van der Waals surface area (Å²) in [6.07, 6.45) is -5.62. The summed E-state index contributed by atoms with van der Waals surface area (Å²) < 4.78 is 90.9. The lowest BCUT2D eigenvalue weighted by Gasteiger charge is -2.11. The topological polar surface area (TPSA) is 45.0 Å². The van der Waals surface area contributed by atoms with E-state index in [0.29, 0.717) is 0 Å². The second kappa shape index (κ2) is 5.86. The lowest BCUT2D eigenvalue weighted by molar-refractivity contribution is -0.143. The Balaban J connectivity index is 2.54. The molecule has 0 spiro atoms. The van der Waals surface area contributed by atoms with Gasteiger partial charge < -0.3 is 5.11 Å². The van der Waals surface area contributed by atoms with Crippen molar-refractivity contribution in [1.29, 1.82) is 0 Å². The van der Waals surface area contributed by atoms with Crippen LogP contribution in [0.4, 0.5) is 42.1 Å². The summed E-state index contributed by atoms with van der Waals surface area (Å²) in [4.78, 5) is 0. The lowest BCUT2D eigenvalue weighted by Crippen LogP contribution is -2.14. The maximum absolute atomic E-state index is 13.5. The Hall–Kier alpha value is -2.65. The number of azo groups is 1. The molecule has 0 saturated carbocycles. The molecule has 0 atom stereocenters. The predicted octanol–water partition coefficient (Wildman–Crippen LogP) is 5.38. The predicted molar refractivity (Wildman–Crippen MR) is 63.6 cm³/mol. The molecule has 0 aliphatic carbocycles. The molecule has 0 aromatic heterocycles. The first-order chi connectivity index (χ1) is 10.6. The lowest BCUT2D eigenvalue weighted by atomic mass is 10.1. The molecule has 0 saturated heterocycles. The summed E-state index contributed by atoms with van der Waals surface area (Å²) in [6, 6.07) is 4.56. The highest BCUT2D eigenvalue weighted by Crippen LogP contribution is 2.39. The van der Waals surface area contributed by atoms with E-state index in [1.165, 1.54) is 0 Å². The number of hydrogen-bond acceptors (Lipinski definition) is 3. The number of nitrogens with zero attached hydrogens (tertiary/aromatic N) is 2. The van der Waals surface area contributed by atoms with Crippen molar-refractivity contribution in [2.45, 2.75) is 6.18 Å². The van der Waals surface area contributed by atoms with Crippen LogP contribution in [0, 0.1) is 23.3 Å². The summed E-state index contributed by atoms with van der Waals surface area (Å²) in [5.41, 5.74) is -4.39. The van der Waals surface area contributed by atoms with Crippen LogP contribution in [0.3, 0.4) is 0 Å². The quantitative estimate of drug-likeness (QED) is 0.446. The highest BCUT2D eigenvalue weighted by Gasteiger charge is 2.42. The maximum Gasteiger partial charge on any atom is 0.422 e. The third-order valence-electron chi connectivity index (χ3n) is 2.64. The highest BCUT2D eigenvalue weighted by atomic mass is 19.4. The zero-order chi connectivity index (χ0) is 17.4. The van der Waals surface area contributed by atoms with Gasteiger partial charge in [0.1, 0.15) is 11.3 Å². The molecule has 0 aliphatic heterocycles. The smallest absolute Gasteiger partial charge is 0.422 e. The summed E-state index contributed by atoms with van der Waals surface area (Å²) in [6.45, 7) is 0. The summed E-state index contributed by atoms with van der Waals surface area (Å²) in [5.74, 6) is -10.0. The molecule has 0 aliphatic rings. The van der Waals surface area contributed by atoms with Crippen molar-refractivity contribution in [3.63, 3.8) is 0 Å². The van der Waals surface area contributed by atoms with Gasteiger partial charge in [0.05, 0.1) is 5.69 Å². The monoisotopic (exact) mass is 338 g/mol. The minimum absolute atomic E-state index is 0.0673. The zero-order valence-electron chi connectivity index (χ0n) is 10.8. The number of aromatic hydroxyl groups is 1. The Kier molecular flexibility index (Phi) is 4.26. The van der Waals surface area contributed by atoms with Crippen LogP contribution in [0.1, 0.15) is 5.56 Å². The van der Waals surface area contributed by atoms with Crippen LogP contribution < -0.4 is 0 Å². The molecule has 23 heavy (non-hydrogen) atoms. The van der Waals surface area contributed by atoms with Crippen molar-refractivity contribution in [2.75, 3.05) is 0 Å². The molecule has 0 radical (unpaired) electrons. The Labute approximate surface area is 123 Å². The van der Waals surface area contributed by atoms with Gasteiger partial charge in [0, 0.05) is 0 Å². The molecule has 2 rings (SSSR count). The van der Waals surface area contributed by atoms with Gasteiger partial charge in [-0.3, -0.25) is 0 Å². The van der Waals surface area contributed by atoms with Gasteiger partial charge in [-0.25, -0.2) is 17.6 Å². The van der Waals surface area contributed by atoms with Crippen LogP contribution in [-0.4, -0.2) is 5.11 Å². The first-order valence-corrected chi connectivity index (χ1v) is 5.77. The zero-order valence-corrected chi connectivity index (χ0v) is 10.8. The average molecular weight is 338 g/mol. The molecule has 0 unspecified atom stereocenters. The van der Waals surface area contributed by atoms with Crippen molar-refractivity contribution in [3.05, 3.63) is 53.1 Å². The number of halogens is 7. The van der Waals surface area contributed by atoms with Crippen LogP contribution in [0.15, 0.2) is 34.5 Å². The molecule has 3 nitrogen and oxygen atoms in total. The Morgan fingerprint density at radius 1 is 0.739 bits per heavy atom. The van der Waals surface area contributed by atoms with Crippen LogP contribution in [0.25, 0.3) is 0 Å². The summed E-state index contributed by atoms with van der Waals surface area (Å²) in [7, 11) is 0. The fraction of sp³-hybridized carbons (Fsp3) is 0.0769. The van der Waals surface area contributed by atoms with Crippen molar-refractivity contribution in [2.24, 2.45) is 10.2 Å². The highest BCUT2D eigenvalue weighted by molar-refractivity contribution is 5.46. The van der Waals surface area contributed by atoms with Crippen molar-refractivity contribution < 1.29 is 35.8 Å². The van der Waals surface area contributed by atoms with Gasteiger partial charge in [-0.2, -0.15) is 18.3 Å². The van der Waals surface area contributed by atoms with Crippen LogP contribution in [-0.2, 0) is 6.18 Å². The number of benzene rings is 2. The fourth-order valence-corrected chi connectivity index (χ4v) is 1.58. The van der Waals surface area contributed by atoms with Gasteiger partial charge in [-0.1, -0.05) is 0 Å². The van der Waals surface area contributed by atoms with E-state index in [0.717, 1.165) is 24.3 Å². The van der Waals surface area contributed by atoms with E-state index in [4.69, 9.17) is 5.11 Å². The van der Waals surface area contributed by atoms with Crippen LogP contribution in [0.2, 0.25) is 0 Å². The van der Waals surface area contributed by atoms with E-state index in [2.05, 4.69) is 10.2 Å². The van der Waals surface area contributed by atoms with Gasteiger partial charge in [-0.15, -0.1) is 5.11 Å². The molecule has 0 heterocycles. The molecule has 2 aromatic carbocycles. The molecule has 0 amide bonds. The van der Waals surface area contributed by atoms with E-state index in [-0.39, 0.29) is 11.4 Å². The first kappa shape index (κ1) is 16.7. The minimum atomic E-state index is -5.62. The molecular weight excluding hydrogens is 333 g/mol. The second-order valence-corrected chi connectivity index (χ2v) is 4.19. The maximum atomic E-state index is 13.5. The second-order valence-electron chi connectivity index (χ2n) is 4.19. The standard InChI is InChI=1S/C13H5F7N2O/c14-8-7(13(18,19)20)9(15)11(17)12(10(8)16)22-21-5-1-3-6(23)4-2-5/h1-4,23H. The molecule has 2 aromatic rings. The molecule has 1 N–H and O–H groups in total. The number of phenolic OH excluding ortho intramolecular Hbond substituents is 1. The Morgan fingerprint density at radius 2 is 1.22 bits per heavy atom. The Bertz CT molecular complexity index is 740. The number of phenols is 1. The van der Waals surface area contributed by atoms with Crippen molar-refractivity contribution in [1.82, 2.24) is 0 Å². The average Bonchev–Trinajstić information content (AvgIpc) is 2.46. The van der Waals surface area contributed by atoms with E-state index >= 15 is 0 Å². The largest absolute Gasteiger partial charge is 0.508 e. The number of hydrogen-bond donors (Lipinski definition) is 1. The normalized spacial score (nSPS) is 12.1. The van der Waals surface area contributed by atoms with Gasteiger partial charge in [0.15, 0.2) is 29.0 Å². The third kappa shape index (κ3) is 3.25. The van der Waals surface area contributed by atoms with E-state index < -0.39 is 40.7 Å². The van der Waals surface area contributed by atoms with Crippen molar-refractivity contribution >= 4 is 11.4 Å². The molecule has 0 bridgehead atoms. The Morgan fingerprint density at radius 3 is 1.65 bits per heavy atom. The van der Waals surface area contributed by atoms with E-state index in [1.807, 2.05) is 0 Å². The fourth-order valence-electron chi connectivity index (χ4n) is 1.58. The van der Waals surface area contributed by atoms with Crippen molar-refractivity contribution in [3.8, 4) is 5.75 Å². The van der Waals surface area contributed by atoms with Gasteiger partial charge in [0.25, 0.3) is 0 Å². The van der Waals surface area contributed by atoms with Crippen LogP contribution in [0.5, 0.6) is 5.75 Å². The van der Waals surface area contributed by atoms with Gasteiger partial charge in [-0.05, 0) is 24.3 Å².